The normalized spacial score (nSPS) is 17.1. The number of aromatic nitrogens is 3. The first kappa shape index (κ1) is 31.0. The van der Waals surface area contributed by atoms with Gasteiger partial charge in [0.05, 0.1) is 6.04 Å². The summed E-state index contributed by atoms with van der Waals surface area (Å²) < 4.78 is 94.2. The van der Waals surface area contributed by atoms with Gasteiger partial charge in [-0.15, -0.1) is 11.3 Å². The van der Waals surface area contributed by atoms with E-state index in [0.717, 1.165) is 16.9 Å². The van der Waals surface area contributed by atoms with Gasteiger partial charge in [-0.1, -0.05) is 12.1 Å². The number of imidazole rings is 1. The van der Waals surface area contributed by atoms with Crippen LogP contribution < -0.4 is 4.74 Å². The van der Waals surface area contributed by atoms with E-state index in [0.29, 0.717) is 13.0 Å². The van der Waals surface area contributed by atoms with Gasteiger partial charge in [-0.25, -0.2) is 37.1 Å². The number of rotatable bonds is 5. The molecule has 5 rings (SSSR count). The van der Waals surface area contributed by atoms with Crippen molar-refractivity contribution in [2.24, 2.45) is 0 Å². The van der Waals surface area contributed by atoms with Gasteiger partial charge in [-0.3, -0.25) is 0 Å². The standard InChI is InChI=1S/C29H24F6N4O4S/c1-29(2,3)43-28(41)38-10-8-16(14-4-6-15(30)7-5-14)18(12-38)39-11-9-36-25(39)26-37-17(13-44-26)27(40)42-24-22(34)20(32)19(31)21(33)23(24)35/h4-7,9,11,13,16,18H,8,10,12H2,1-3H3. The van der Waals surface area contributed by atoms with Gasteiger partial charge in [0, 0.05) is 36.8 Å². The van der Waals surface area contributed by atoms with E-state index in [4.69, 9.17) is 4.74 Å². The fourth-order valence-electron chi connectivity index (χ4n) is 4.84. The molecule has 3 heterocycles. The van der Waals surface area contributed by atoms with Gasteiger partial charge in [0.2, 0.25) is 34.8 Å². The van der Waals surface area contributed by atoms with Crippen molar-refractivity contribution in [2.45, 2.75) is 44.8 Å². The van der Waals surface area contributed by atoms with Crippen molar-refractivity contribution in [3.05, 3.63) is 88.2 Å². The van der Waals surface area contributed by atoms with Crippen LogP contribution in [0.25, 0.3) is 10.8 Å². The second kappa shape index (κ2) is 11.9. The maximum Gasteiger partial charge on any atom is 0.410 e. The minimum atomic E-state index is -2.39. The molecule has 0 saturated carbocycles. The second-order valence-electron chi connectivity index (χ2n) is 10.9. The molecular formula is C29H24F6N4O4S. The molecule has 1 aliphatic heterocycles. The summed E-state index contributed by atoms with van der Waals surface area (Å²) in [6.45, 7) is 5.79. The molecule has 1 saturated heterocycles. The highest BCUT2D eigenvalue weighted by atomic mass is 32.1. The predicted molar refractivity (Wildman–Crippen MR) is 145 cm³/mol. The Bertz CT molecular complexity index is 1690. The number of carbonyl (C=O) groups is 2. The van der Waals surface area contributed by atoms with Crippen LogP contribution in [0.1, 0.15) is 55.2 Å². The van der Waals surface area contributed by atoms with Crippen LogP contribution >= 0.6 is 11.3 Å². The van der Waals surface area contributed by atoms with E-state index in [1.54, 1.807) is 48.6 Å². The van der Waals surface area contributed by atoms with Gasteiger partial charge in [-0.05, 0) is 44.9 Å². The average molecular weight is 639 g/mol. The number of nitrogens with zero attached hydrogens (tertiary/aromatic N) is 4. The molecule has 232 valence electrons. The van der Waals surface area contributed by atoms with Gasteiger partial charge >= 0.3 is 12.1 Å². The van der Waals surface area contributed by atoms with Crippen LogP contribution in [-0.4, -0.2) is 50.2 Å². The summed E-state index contributed by atoms with van der Waals surface area (Å²) in [6.07, 6.45) is 3.08. The van der Waals surface area contributed by atoms with Crippen molar-refractivity contribution in [3.63, 3.8) is 0 Å². The fourth-order valence-corrected chi connectivity index (χ4v) is 5.63. The highest BCUT2D eigenvalue weighted by Gasteiger charge is 2.37. The van der Waals surface area contributed by atoms with Gasteiger partial charge < -0.3 is 18.9 Å². The molecule has 1 aliphatic rings. The molecule has 1 fully saturated rings. The lowest BCUT2D eigenvalue weighted by Crippen LogP contribution is -2.45. The number of halogens is 6. The van der Waals surface area contributed by atoms with Gasteiger partial charge in [-0.2, -0.15) is 8.78 Å². The summed E-state index contributed by atoms with van der Waals surface area (Å²) in [5, 5.41) is 1.33. The zero-order valence-corrected chi connectivity index (χ0v) is 24.2. The minimum absolute atomic E-state index is 0.159. The minimum Gasteiger partial charge on any atom is -0.444 e. The van der Waals surface area contributed by atoms with Crippen LogP contribution in [0.15, 0.2) is 42.0 Å². The van der Waals surface area contributed by atoms with Crippen molar-refractivity contribution in [2.75, 3.05) is 13.1 Å². The highest BCUT2D eigenvalue weighted by Crippen LogP contribution is 2.39. The first-order valence-electron chi connectivity index (χ1n) is 13.2. The number of thiazole rings is 1. The molecule has 1 amide bonds. The molecule has 2 aromatic carbocycles. The quantitative estimate of drug-likeness (QED) is 0.0768. The molecule has 2 atom stereocenters. The van der Waals surface area contributed by atoms with Crippen LogP contribution in [0.2, 0.25) is 0 Å². The summed E-state index contributed by atoms with van der Waals surface area (Å²) >= 11 is 0.910. The zero-order chi connectivity index (χ0) is 31.9. The number of likely N-dealkylation sites (tertiary alicyclic amines) is 1. The summed E-state index contributed by atoms with van der Waals surface area (Å²) in [7, 11) is 0. The topological polar surface area (TPSA) is 86.5 Å². The molecule has 0 N–H and O–H groups in total. The zero-order valence-electron chi connectivity index (χ0n) is 23.4. The smallest absolute Gasteiger partial charge is 0.410 e. The SMILES string of the molecule is CC(C)(C)OC(=O)N1CCC(c2ccc(F)cc2)C(n2ccnc2-c2nc(C(=O)Oc3c(F)c(F)c(F)c(F)c3F)cs2)C1. The van der Waals surface area contributed by atoms with E-state index >= 15 is 0 Å². The molecular weight excluding hydrogens is 614 g/mol. The Hall–Kier alpha value is -4.40. The molecule has 0 bridgehead atoms. The summed E-state index contributed by atoms with van der Waals surface area (Å²) in [5.74, 6) is -15.1. The summed E-state index contributed by atoms with van der Waals surface area (Å²) in [5.41, 5.74) is -0.396. The lowest BCUT2D eigenvalue weighted by Gasteiger charge is -2.40. The molecule has 4 aromatic rings. The average Bonchev–Trinajstić information content (AvgIpc) is 3.67. The number of esters is 1. The Morgan fingerprint density at radius 1 is 0.955 bits per heavy atom. The molecule has 2 unspecified atom stereocenters. The fraction of sp³-hybridized carbons (Fsp3) is 0.310. The van der Waals surface area contributed by atoms with E-state index in [2.05, 4.69) is 14.7 Å². The Morgan fingerprint density at radius 3 is 2.23 bits per heavy atom. The predicted octanol–water partition coefficient (Wildman–Crippen LogP) is 7.03. The number of hydrogen-bond acceptors (Lipinski definition) is 7. The largest absolute Gasteiger partial charge is 0.444 e. The highest BCUT2D eigenvalue weighted by molar-refractivity contribution is 7.13. The molecule has 8 nitrogen and oxygen atoms in total. The summed E-state index contributed by atoms with van der Waals surface area (Å²) in [6, 6.07) is 5.54. The Labute approximate surface area is 250 Å². The first-order chi connectivity index (χ1) is 20.7. The number of carbonyl (C=O) groups excluding carboxylic acids is 2. The maximum atomic E-state index is 14.1. The van der Waals surface area contributed by atoms with Crippen molar-refractivity contribution in [1.82, 2.24) is 19.4 Å². The lowest BCUT2D eigenvalue weighted by molar-refractivity contribution is 0.0153. The van der Waals surface area contributed by atoms with Gasteiger partial charge in [0.15, 0.2) is 16.5 Å². The van der Waals surface area contributed by atoms with Crippen LogP contribution in [0, 0.1) is 34.9 Å². The first-order valence-corrected chi connectivity index (χ1v) is 14.1. The monoisotopic (exact) mass is 638 g/mol. The van der Waals surface area contributed by atoms with E-state index < -0.39 is 70.1 Å². The maximum absolute atomic E-state index is 14.1. The van der Waals surface area contributed by atoms with Crippen LogP contribution in [0.5, 0.6) is 5.75 Å². The number of piperidine rings is 1. The summed E-state index contributed by atoms with van der Waals surface area (Å²) in [4.78, 5) is 35.6. The molecule has 0 aliphatic carbocycles. The number of hydrogen-bond donors (Lipinski definition) is 0. The second-order valence-corrected chi connectivity index (χ2v) is 11.8. The van der Waals surface area contributed by atoms with Crippen molar-refractivity contribution >= 4 is 23.4 Å². The van der Waals surface area contributed by atoms with Crippen LogP contribution in [0.3, 0.4) is 0 Å². The Kier molecular flexibility index (Phi) is 8.42. The van der Waals surface area contributed by atoms with Crippen LogP contribution in [0.4, 0.5) is 31.1 Å². The molecule has 2 aromatic heterocycles. The lowest BCUT2D eigenvalue weighted by atomic mass is 9.85. The van der Waals surface area contributed by atoms with Crippen molar-refractivity contribution in [1.29, 1.82) is 0 Å². The Balaban J connectivity index is 1.45. The van der Waals surface area contributed by atoms with Gasteiger partial charge in [0.1, 0.15) is 11.4 Å². The van der Waals surface area contributed by atoms with E-state index in [9.17, 15) is 35.9 Å². The van der Waals surface area contributed by atoms with Crippen molar-refractivity contribution < 1.29 is 45.4 Å². The van der Waals surface area contributed by atoms with E-state index in [1.807, 2.05) is 0 Å². The van der Waals surface area contributed by atoms with Crippen molar-refractivity contribution in [3.8, 4) is 16.6 Å². The third-order valence-electron chi connectivity index (χ3n) is 6.83. The number of amides is 1. The third-order valence-corrected chi connectivity index (χ3v) is 7.66. The van der Waals surface area contributed by atoms with E-state index in [-0.39, 0.29) is 23.3 Å². The molecule has 0 spiro atoms. The molecule has 0 radical (unpaired) electrons. The van der Waals surface area contributed by atoms with Gasteiger partial charge in [0.25, 0.3) is 0 Å². The number of benzene rings is 2. The molecule has 44 heavy (non-hydrogen) atoms. The Morgan fingerprint density at radius 2 is 1.59 bits per heavy atom. The van der Waals surface area contributed by atoms with Crippen LogP contribution in [-0.2, 0) is 4.74 Å². The number of ether oxygens (including phenoxy) is 2. The van der Waals surface area contributed by atoms with E-state index in [1.165, 1.54) is 23.7 Å². The third kappa shape index (κ3) is 6.14. The molecule has 15 heteroatoms.